The highest BCUT2D eigenvalue weighted by molar-refractivity contribution is 5.99. The van der Waals surface area contributed by atoms with Gasteiger partial charge in [-0.25, -0.2) is 4.98 Å². The number of carbonyl (C=O) groups excluding carboxylic acids is 2. The molecule has 1 atom stereocenters. The van der Waals surface area contributed by atoms with E-state index in [0.717, 1.165) is 22.8 Å². The summed E-state index contributed by atoms with van der Waals surface area (Å²) in [4.78, 5) is 36.7. The Hall–Kier alpha value is -3.81. The number of hydrogen-bond acceptors (Lipinski definition) is 5. The second kappa shape index (κ2) is 9.99. The number of aromatic nitrogens is 2. The molecule has 3 aromatic rings. The van der Waals surface area contributed by atoms with Crippen LogP contribution in [0.5, 0.6) is 5.75 Å². The second-order valence-corrected chi connectivity index (χ2v) is 8.65. The summed E-state index contributed by atoms with van der Waals surface area (Å²) in [6.07, 6.45) is 3.66. The number of hydrogen-bond donors (Lipinski definition) is 0. The summed E-state index contributed by atoms with van der Waals surface area (Å²) in [5.74, 6) is 1.46. The third-order valence-electron chi connectivity index (χ3n) is 6.32. The number of aryl methyl sites for hydroxylation is 1. The Morgan fingerprint density at radius 2 is 1.82 bits per heavy atom. The van der Waals surface area contributed by atoms with Gasteiger partial charge in [-0.15, -0.1) is 0 Å². The maximum Gasteiger partial charge on any atom is 0.255 e. The quantitative estimate of drug-likeness (QED) is 0.565. The average molecular weight is 462 g/mol. The summed E-state index contributed by atoms with van der Waals surface area (Å²) in [5, 5.41) is 0. The number of nitrogens with zero attached hydrogens (tertiary/aromatic N) is 5. The molecule has 1 aliphatic rings. The molecule has 0 bridgehead atoms. The van der Waals surface area contributed by atoms with Gasteiger partial charge in [0.15, 0.2) is 0 Å². The van der Waals surface area contributed by atoms with Crippen LogP contribution in [0.4, 0.5) is 5.69 Å². The van der Waals surface area contributed by atoms with E-state index in [2.05, 4.69) is 9.88 Å². The molecule has 1 fully saturated rings. The Bertz CT molecular complexity index is 1160. The number of imidazole rings is 1. The summed E-state index contributed by atoms with van der Waals surface area (Å²) in [6.45, 7) is 4.00. The summed E-state index contributed by atoms with van der Waals surface area (Å²) in [7, 11) is 5.09. The molecule has 0 spiro atoms. The van der Waals surface area contributed by atoms with Crippen LogP contribution in [0.3, 0.4) is 0 Å². The van der Waals surface area contributed by atoms with Crippen LogP contribution in [-0.2, 0) is 11.3 Å². The molecule has 34 heavy (non-hydrogen) atoms. The SMILES string of the molecule is COc1ccc(N2CCN(C(=O)c3ccccc3Cn3ccnc3C)[C@@H](C(=O)N(C)C)C2)cc1. The smallest absolute Gasteiger partial charge is 0.255 e. The summed E-state index contributed by atoms with van der Waals surface area (Å²) in [5.41, 5.74) is 2.52. The van der Waals surface area contributed by atoms with Crippen molar-refractivity contribution >= 4 is 17.5 Å². The van der Waals surface area contributed by atoms with Crippen molar-refractivity contribution in [3.63, 3.8) is 0 Å². The first-order chi connectivity index (χ1) is 16.4. The number of piperazine rings is 1. The minimum absolute atomic E-state index is 0.0884. The van der Waals surface area contributed by atoms with Crippen molar-refractivity contribution in [1.29, 1.82) is 0 Å². The van der Waals surface area contributed by atoms with E-state index in [1.165, 1.54) is 0 Å². The minimum atomic E-state index is -0.582. The van der Waals surface area contributed by atoms with Crippen molar-refractivity contribution in [2.45, 2.75) is 19.5 Å². The summed E-state index contributed by atoms with van der Waals surface area (Å²) >= 11 is 0. The first-order valence-electron chi connectivity index (χ1n) is 11.4. The molecular formula is C26H31N5O3. The van der Waals surface area contributed by atoms with E-state index < -0.39 is 6.04 Å². The first kappa shape index (κ1) is 23.4. The third kappa shape index (κ3) is 4.76. The molecule has 1 aliphatic heterocycles. The molecule has 2 amide bonds. The van der Waals surface area contributed by atoms with Crippen LogP contribution < -0.4 is 9.64 Å². The van der Waals surface area contributed by atoms with E-state index in [4.69, 9.17) is 4.74 Å². The van der Waals surface area contributed by atoms with Crippen LogP contribution in [0.25, 0.3) is 0 Å². The van der Waals surface area contributed by atoms with E-state index in [1.54, 1.807) is 37.2 Å². The molecule has 8 nitrogen and oxygen atoms in total. The van der Waals surface area contributed by atoms with Crippen LogP contribution in [0, 0.1) is 6.92 Å². The molecule has 1 saturated heterocycles. The maximum absolute atomic E-state index is 13.8. The molecule has 1 aromatic heterocycles. The Morgan fingerprint density at radius 1 is 1.09 bits per heavy atom. The average Bonchev–Trinajstić information content (AvgIpc) is 3.27. The van der Waals surface area contributed by atoms with Crippen LogP contribution in [0.2, 0.25) is 0 Å². The van der Waals surface area contributed by atoms with Gasteiger partial charge in [-0.3, -0.25) is 9.59 Å². The van der Waals surface area contributed by atoms with Gasteiger partial charge in [-0.05, 0) is 42.8 Å². The van der Waals surface area contributed by atoms with Gasteiger partial charge in [-0.1, -0.05) is 18.2 Å². The maximum atomic E-state index is 13.8. The molecule has 178 valence electrons. The molecule has 0 unspecified atom stereocenters. The molecule has 4 rings (SSSR count). The molecule has 2 aromatic carbocycles. The van der Waals surface area contributed by atoms with E-state index in [-0.39, 0.29) is 11.8 Å². The molecule has 0 aliphatic carbocycles. The summed E-state index contributed by atoms with van der Waals surface area (Å²) in [6, 6.07) is 14.8. The zero-order valence-corrected chi connectivity index (χ0v) is 20.1. The van der Waals surface area contributed by atoms with Crippen LogP contribution in [-0.4, -0.2) is 78.0 Å². The number of benzene rings is 2. The van der Waals surface area contributed by atoms with Crippen LogP contribution >= 0.6 is 0 Å². The highest BCUT2D eigenvalue weighted by Gasteiger charge is 2.37. The Balaban J connectivity index is 1.61. The fourth-order valence-corrected chi connectivity index (χ4v) is 4.34. The van der Waals surface area contributed by atoms with Gasteiger partial charge < -0.3 is 24.0 Å². The molecule has 0 radical (unpaired) electrons. The highest BCUT2D eigenvalue weighted by atomic mass is 16.5. The zero-order valence-electron chi connectivity index (χ0n) is 20.1. The van der Waals surface area contributed by atoms with Crippen molar-refractivity contribution in [1.82, 2.24) is 19.4 Å². The van der Waals surface area contributed by atoms with Crippen molar-refractivity contribution < 1.29 is 14.3 Å². The van der Waals surface area contributed by atoms with Crippen molar-refractivity contribution in [2.75, 3.05) is 45.7 Å². The predicted octanol–water partition coefficient (Wildman–Crippen LogP) is 2.67. The number of amides is 2. The van der Waals surface area contributed by atoms with Gasteiger partial charge in [0.25, 0.3) is 5.91 Å². The van der Waals surface area contributed by atoms with Gasteiger partial charge in [0, 0.05) is 63.9 Å². The second-order valence-electron chi connectivity index (χ2n) is 8.65. The zero-order chi connectivity index (χ0) is 24.2. The number of rotatable bonds is 6. The lowest BCUT2D eigenvalue weighted by Crippen LogP contribution is -2.60. The van der Waals surface area contributed by atoms with Gasteiger partial charge in [0.2, 0.25) is 5.91 Å². The normalized spacial score (nSPS) is 15.8. The largest absolute Gasteiger partial charge is 0.497 e. The monoisotopic (exact) mass is 461 g/mol. The lowest BCUT2D eigenvalue weighted by Gasteiger charge is -2.42. The number of likely N-dealkylation sites (N-methyl/N-ethyl adjacent to an activating group) is 1. The number of methoxy groups -OCH3 is 1. The molecule has 2 heterocycles. The lowest BCUT2D eigenvalue weighted by molar-refractivity contribution is -0.133. The Kier molecular flexibility index (Phi) is 6.86. The van der Waals surface area contributed by atoms with Crippen LogP contribution in [0.1, 0.15) is 21.7 Å². The molecular weight excluding hydrogens is 430 g/mol. The first-order valence-corrected chi connectivity index (χ1v) is 11.4. The molecule has 0 saturated carbocycles. The standard InChI is InChI=1S/C26H31N5O3/c1-19-27-13-14-29(19)17-20-7-5-6-8-23(20)25(32)31-16-15-30(18-24(31)26(33)28(2)3)21-9-11-22(34-4)12-10-21/h5-14,24H,15-18H2,1-4H3/t24-/m1/s1. The lowest BCUT2D eigenvalue weighted by atomic mass is 10.0. The highest BCUT2D eigenvalue weighted by Crippen LogP contribution is 2.25. The van der Waals surface area contributed by atoms with E-state index >= 15 is 0 Å². The van der Waals surface area contributed by atoms with E-state index in [1.807, 2.05) is 66.2 Å². The van der Waals surface area contributed by atoms with Crippen LogP contribution in [0.15, 0.2) is 60.9 Å². The topological polar surface area (TPSA) is 70.9 Å². The Morgan fingerprint density at radius 3 is 2.47 bits per heavy atom. The summed E-state index contributed by atoms with van der Waals surface area (Å²) < 4.78 is 7.27. The van der Waals surface area contributed by atoms with Gasteiger partial charge >= 0.3 is 0 Å². The van der Waals surface area contributed by atoms with Gasteiger partial charge in [0.1, 0.15) is 17.6 Å². The van der Waals surface area contributed by atoms with Crippen molar-refractivity contribution in [2.24, 2.45) is 0 Å². The van der Waals surface area contributed by atoms with Gasteiger partial charge in [-0.2, -0.15) is 0 Å². The Labute approximate surface area is 200 Å². The predicted molar refractivity (Wildman–Crippen MR) is 131 cm³/mol. The van der Waals surface area contributed by atoms with Gasteiger partial charge in [0.05, 0.1) is 7.11 Å². The third-order valence-corrected chi connectivity index (χ3v) is 6.32. The fraction of sp³-hybridized carbons (Fsp3) is 0.346. The fourth-order valence-electron chi connectivity index (χ4n) is 4.34. The number of carbonyl (C=O) groups is 2. The van der Waals surface area contributed by atoms with Crippen molar-refractivity contribution in [3.8, 4) is 5.75 Å². The van der Waals surface area contributed by atoms with Crippen molar-refractivity contribution in [3.05, 3.63) is 77.9 Å². The molecule has 8 heteroatoms. The molecule has 0 N–H and O–H groups in total. The minimum Gasteiger partial charge on any atom is -0.497 e. The van der Waals surface area contributed by atoms with E-state index in [9.17, 15) is 9.59 Å². The number of anilines is 1. The number of ether oxygens (including phenoxy) is 1. The van der Waals surface area contributed by atoms with E-state index in [0.29, 0.717) is 31.7 Å².